The van der Waals surface area contributed by atoms with Crippen LogP contribution in [0.1, 0.15) is 52.2 Å². The number of allylic oxidation sites excluding steroid dienone is 4. The zero-order valence-corrected chi connectivity index (χ0v) is 15.4. The number of nitrogens with zero attached hydrogens (tertiary/aromatic N) is 1. The average molecular weight is 324 g/mol. The second kappa shape index (κ2) is 6.76. The summed E-state index contributed by atoms with van der Waals surface area (Å²) in [6.07, 6.45) is 8.30. The van der Waals surface area contributed by atoms with Crippen LogP contribution in [0, 0.1) is 10.8 Å². The van der Waals surface area contributed by atoms with Gasteiger partial charge in [-0.15, -0.1) is 0 Å². The van der Waals surface area contributed by atoms with Gasteiger partial charge in [0.2, 0.25) is 0 Å². The standard InChI is InChI=1S/C21H28N2O/c1-20(2,3)14-21(4,5)16-10-11-19(24)15(12-16)13-23-18-9-7-6-8-17(18)22/h6-12,22,24H,13-14H2,1-5H3. The summed E-state index contributed by atoms with van der Waals surface area (Å²) in [5.41, 5.74) is 3.32. The quantitative estimate of drug-likeness (QED) is 0.735. The van der Waals surface area contributed by atoms with Gasteiger partial charge in [-0.2, -0.15) is 0 Å². The summed E-state index contributed by atoms with van der Waals surface area (Å²) in [6, 6.07) is 5.82. The highest BCUT2D eigenvalue weighted by atomic mass is 16.3. The molecule has 24 heavy (non-hydrogen) atoms. The fourth-order valence-electron chi connectivity index (χ4n) is 3.34. The van der Waals surface area contributed by atoms with Crippen LogP contribution < -0.4 is 0 Å². The van der Waals surface area contributed by atoms with Crippen LogP contribution in [0.25, 0.3) is 0 Å². The molecule has 1 aliphatic carbocycles. The Balaban J connectivity index is 2.26. The number of benzene rings is 1. The average Bonchev–Trinajstić information content (AvgIpc) is 2.45. The molecule has 0 heterocycles. The molecule has 128 valence electrons. The highest BCUT2D eigenvalue weighted by molar-refractivity contribution is 6.49. The number of nitrogens with one attached hydrogen (secondary N) is 1. The molecule has 1 aromatic rings. The highest BCUT2D eigenvalue weighted by Crippen LogP contribution is 2.37. The molecule has 1 aliphatic rings. The Morgan fingerprint density at radius 3 is 2.33 bits per heavy atom. The minimum atomic E-state index is 0.0219. The first kappa shape index (κ1) is 18.2. The minimum absolute atomic E-state index is 0.0219. The lowest BCUT2D eigenvalue weighted by Gasteiger charge is -2.33. The number of phenolic OH excluding ortho intramolecular Hbond substituents is 1. The molecule has 2 rings (SSSR count). The molecule has 2 N–H and O–H groups in total. The zero-order valence-electron chi connectivity index (χ0n) is 15.4. The third kappa shape index (κ3) is 4.67. The molecule has 0 unspecified atom stereocenters. The normalized spacial score (nSPS) is 16.9. The van der Waals surface area contributed by atoms with Crippen molar-refractivity contribution in [3.63, 3.8) is 0 Å². The van der Waals surface area contributed by atoms with Crippen molar-refractivity contribution in [3.05, 3.63) is 53.6 Å². The van der Waals surface area contributed by atoms with Crippen molar-refractivity contribution in [2.24, 2.45) is 10.4 Å². The van der Waals surface area contributed by atoms with Crippen molar-refractivity contribution in [2.75, 3.05) is 0 Å². The van der Waals surface area contributed by atoms with E-state index < -0.39 is 0 Å². The Hall–Kier alpha value is -2.16. The molecule has 0 aliphatic heterocycles. The zero-order chi connectivity index (χ0) is 18.0. The molecular formula is C21H28N2O. The summed E-state index contributed by atoms with van der Waals surface area (Å²) < 4.78 is 0. The molecule has 1 aromatic carbocycles. The number of aliphatic imine (C=N–C) groups is 1. The number of rotatable bonds is 4. The molecule has 0 aromatic heterocycles. The summed E-state index contributed by atoms with van der Waals surface area (Å²) in [4.78, 5) is 4.49. The molecule has 3 heteroatoms. The Labute approximate surface area is 145 Å². The molecule has 0 amide bonds. The van der Waals surface area contributed by atoms with Crippen molar-refractivity contribution in [1.82, 2.24) is 0 Å². The molecular weight excluding hydrogens is 296 g/mol. The van der Waals surface area contributed by atoms with Gasteiger partial charge in [-0.05, 0) is 47.1 Å². The molecule has 3 nitrogen and oxygen atoms in total. The maximum absolute atomic E-state index is 10.2. The van der Waals surface area contributed by atoms with E-state index in [1.807, 2.05) is 24.3 Å². The monoisotopic (exact) mass is 324 g/mol. The van der Waals surface area contributed by atoms with E-state index in [2.05, 4.69) is 45.7 Å². The second-order valence-electron chi connectivity index (χ2n) is 8.30. The lowest BCUT2D eigenvalue weighted by atomic mass is 9.72. The fraction of sp³-hybridized carbons (Fsp3) is 0.429. The van der Waals surface area contributed by atoms with Gasteiger partial charge < -0.3 is 5.11 Å². The van der Waals surface area contributed by atoms with Crippen LogP contribution in [-0.2, 0) is 12.0 Å². The van der Waals surface area contributed by atoms with Gasteiger partial charge in [-0.1, -0.05) is 52.8 Å². The van der Waals surface area contributed by atoms with Gasteiger partial charge in [0.15, 0.2) is 0 Å². The van der Waals surface area contributed by atoms with Crippen LogP contribution >= 0.6 is 0 Å². The van der Waals surface area contributed by atoms with E-state index in [4.69, 9.17) is 5.41 Å². The predicted molar refractivity (Wildman–Crippen MR) is 102 cm³/mol. The van der Waals surface area contributed by atoms with Crippen molar-refractivity contribution < 1.29 is 5.11 Å². The molecule has 0 bridgehead atoms. The highest BCUT2D eigenvalue weighted by Gasteiger charge is 2.27. The molecule has 0 radical (unpaired) electrons. The van der Waals surface area contributed by atoms with Crippen molar-refractivity contribution in [1.29, 1.82) is 5.41 Å². The van der Waals surface area contributed by atoms with Gasteiger partial charge in [-0.25, -0.2) is 0 Å². The van der Waals surface area contributed by atoms with Gasteiger partial charge in [0, 0.05) is 5.56 Å². The third-order valence-corrected chi connectivity index (χ3v) is 4.16. The van der Waals surface area contributed by atoms with Crippen molar-refractivity contribution in [2.45, 2.75) is 53.0 Å². The topological polar surface area (TPSA) is 56.4 Å². The number of aromatic hydroxyl groups is 1. The van der Waals surface area contributed by atoms with E-state index in [-0.39, 0.29) is 16.6 Å². The van der Waals surface area contributed by atoms with Crippen LogP contribution in [0.5, 0.6) is 5.75 Å². The Morgan fingerprint density at radius 1 is 1.04 bits per heavy atom. The summed E-state index contributed by atoms with van der Waals surface area (Å²) in [6.45, 7) is 11.6. The SMILES string of the molecule is CC(C)(C)CC(C)(C)c1ccc(O)c(CN=C2C=CC=CC2=N)c1. The lowest BCUT2D eigenvalue weighted by Crippen LogP contribution is -2.24. The number of hydrogen-bond acceptors (Lipinski definition) is 3. The van der Waals surface area contributed by atoms with Crippen LogP contribution in [0.3, 0.4) is 0 Å². The summed E-state index contributed by atoms with van der Waals surface area (Å²) in [7, 11) is 0. The smallest absolute Gasteiger partial charge is 0.120 e. The first-order valence-electron chi connectivity index (χ1n) is 8.39. The fourth-order valence-corrected chi connectivity index (χ4v) is 3.34. The number of phenols is 1. The van der Waals surface area contributed by atoms with Gasteiger partial charge in [0.1, 0.15) is 5.75 Å². The summed E-state index contributed by atoms with van der Waals surface area (Å²) in [5, 5.41) is 18.0. The Kier molecular flexibility index (Phi) is 5.12. The van der Waals surface area contributed by atoms with E-state index in [0.717, 1.165) is 12.0 Å². The second-order valence-corrected chi connectivity index (χ2v) is 8.30. The van der Waals surface area contributed by atoms with E-state index in [0.29, 0.717) is 18.0 Å². The van der Waals surface area contributed by atoms with E-state index in [1.54, 1.807) is 12.1 Å². The van der Waals surface area contributed by atoms with Crippen LogP contribution in [0.15, 0.2) is 47.5 Å². The molecule has 0 fully saturated rings. The van der Waals surface area contributed by atoms with Gasteiger partial charge in [0.05, 0.1) is 18.0 Å². The van der Waals surface area contributed by atoms with Gasteiger partial charge in [-0.3, -0.25) is 10.4 Å². The minimum Gasteiger partial charge on any atom is -0.508 e. The molecule has 0 atom stereocenters. The summed E-state index contributed by atoms with van der Waals surface area (Å²) in [5.74, 6) is 0.261. The van der Waals surface area contributed by atoms with Crippen molar-refractivity contribution >= 4 is 11.4 Å². The van der Waals surface area contributed by atoms with E-state index in [9.17, 15) is 5.11 Å². The van der Waals surface area contributed by atoms with Crippen LogP contribution in [0.2, 0.25) is 0 Å². The maximum Gasteiger partial charge on any atom is 0.120 e. The van der Waals surface area contributed by atoms with Crippen molar-refractivity contribution in [3.8, 4) is 5.75 Å². The first-order valence-corrected chi connectivity index (χ1v) is 8.39. The number of hydrogen-bond donors (Lipinski definition) is 2. The molecule has 0 saturated heterocycles. The van der Waals surface area contributed by atoms with Gasteiger partial charge >= 0.3 is 0 Å². The largest absolute Gasteiger partial charge is 0.508 e. The molecule has 0 spiro atoms. The molecule has 0 saturated carbocycles. The lowest BCUT2D eigenvalue weighted by molar-refractivity contribution is 0.284. The van der Waals surface area contributed by atoms with E-state index >= 15 is 0 Å². The maximum atomic E-state index is 10.2. The Bertz CT molecular complexity index is 716. The van der Waals surface area contributed by atoms with Crippen LogP contribution in [-0.4, -0.2) is 16.5 Å². The van der Waals surface area contributed by atoms with E-state index in [1.165, 1.54) is 5.56 Å². The first-order chi connectivity index (χ1) is 11.1. The third-order valence-electron chi connectivity index (χ3n) is 4.16. The summed E-state index contributed by atoms with van der Waals surface area (Å²) >= 11 is 0. The van der Waals surface area contributed by atoms with Gasteiger partial charge in [0.25, 0.3) is 0 Å². The van der Waals surface area contributed by atoms with Crippen LogP contribution in [0.4, 0.5) is 0 Å². The Morgan fingerprint density at radius 2 is 1.71 bits per heavy atom. The predicted octanol–water partition coefficient (Wildman–Crippen LogP) is 5.19.